The van der Waals surface area contributed by atoms with Crippen LogP contribution in [0.5, 0.6) is 17.2 Å². The molecule has 3 aromatic carbocycles. The van der Waals surface area contributed by atoms with Gasteiger partial charge < -0.3 is 20.5 Å². The predicted molar refractivity (Wildman–Crippen MR) is 133 cm³/mol. The van der Waals surface area contributed by atoms with E-state index >= 15 is 0 Å². The van der Waals surface area contributed by atoms with Crippen LogP contribution in [0.2, 0.25) is 0 Å². The van der Waals surface area contributed by atoms with Gasteiger partial charge in [0, 0.05) is 11.2 Å². The van der Waals surface area contributed by atoms with E-state index in [1.807, 2.05) is 42.0 Å². The second kappa shape index (κ2) is 9.64. The molecule has 0 radical (unpaired) electrons. The maximum absolute atomic E-state index is 13.0. The van der Waals surface area contributed by atoms with Crippen molar-refractivity contribution in [2.24, 2.45) is 0 Å². The summed E-state index contributed by atoms with van der Waals surface area (Å²) < 4.78 is 39.2. The van der Waals surface area contributed by atoms with E-state index in [1.54, 1.807) is 40.0 Å². The molecule has 34 heavy (non-hydrogen) atoms. The Bertz CT molecular complexity index is 1300. The third-order valence-electron chi connectivity index (χ3n) is 4.67. The second-order valence-corrected chi connectivity index (χ2v) is 10.5. The predicted octanol–water partition coefficient (Wildman–Crippen LogP) is 4.83. The highest BCUT2D eigenvalue weighted by Gasteiger charge is 2.25. The van der Waals surface area contributed by atoms with E-state index in [9.17, 15) is 13.2 Å². The van der Waals surface area contributed by atoms with E-state index in [2.05, 4.69) is 5.32 Å². The maximum atomic E-state index is 13.0. The van der Waals surface area contributed by atoms with Crippen LogP contribution < -0.4 is 25.2 Å². The molecule has 0 fully saturated rings. The van der Waals surface area contributed by atoms with Gasteiger partial charge in [-0.1, -0.05) is 18.2 Å². The van der Waals surface area contributed by atoms with Crippen LogP contribution in [-0.2, 0) is 10.0 Å². The van der Waals surface area contributed by atoms with Crippen molar-refractivity contribution >= 4 is 21.7 Å². The Balaban J connectivity index is 1.95. The number of aryl methyl sites for hydroxylation is 1. The maximum Gasteiger partial charge on any atom is 0.329 e. The minimum Gasteiger partial charge on any atom is -0.497 e. The number of nitrogens with two attached hydrogens (primary N) is 1. The Morgan fingerprint density at radius 2 is 1.59 bits per heavy atom. The lowest BCUT2D eigenvalue weighted by Gasteiger charge is -2.21. The molecule has 0 aliphatic carbocycles. The highest BCUT2D eigenvalue weighted by molar-refractivity contribution is 7.90. The zero-order chi connectivity index (χ0) is 25.1. The standard InChI is InChI=1S/C25H29N3O5S/c1-16-12-18(17-6-9-20(32-5)10-7-17)14-21(13-16)33-22-11-8-19(26)15-23(22)34(30,31)28-24(29)27-25(2,3)4/h6-15H,26H2,1-5H3,(H2,27,28,29). The molecular weight excluding hydrogens is 454 g/mol. The van der Waals surface area contributed by atoms with Crippen molar-refractivity contribution in [3.05, 3.63) is 66.2 Å². The molecule has 0 heterocycles. The Kier molecular flexibility index (Phi) is 7.07. The van der Waals surface area contributed by atoms with Gasteiger partial charge in [0.05, 0.1) is 7.11 Å². The van der Waals surface area contributed by atoms with Crippen LogP contribution in [0.1, 0.15) is 26.3 Å². The van der Waals surface area contributed by atoms with Crippen molar-refractivity contribution in [3.8, 4) is 28.4 Å². The molecule has 0 bridgehead atoms. The van der Waals surface area contributed by atoms with Crippen LogP contribution in [-0.4, -0.2) is 27.1 Å². The van der Waals surface area contributed by atoms with E-state index in [4.69, 9.17) is 15.2 Å². The molecule has 3 rings (SSSR count). The first-order chi connectivity index (χ1) is 15.9. The number of hydrogen-bond donors (Lipinski definition) is 3. The van der Waals surface area contributed by atoms with Crippen molar-refractivity contribution in [2.75, 3.05) is 12.8 Å². The Labute approximate surface area is 200 Å². The van der Waals surface area contributed by atoms with Gasteiger partial charge in [0.2, 0.25) is 0 Å². The first kappa shape index (κ1) is 24.9. The lowest BCUT2D eigenvalue weighted by molar-refractivity contribution is 0.237. The molecule has 0 aromatic heterocycles. The van der Waals surface area contributed by atoms with Gasteiger partial charge in [-0.05, 0) is 86.8 Å². The minimum absolute atomic E-state index is 0.0385. The topological polar surface area (TPSA) is 120 Å². The number of carbonyl (C=O) groups excluding carboxylic acids is 1. The summed E-state index contributed by atoms with van der Waals surface area (Å²) in [5.74, 6) is 1.22. The normalized spacial score (nSPS) is 11.6. The summed E-state index contributed by atoms with van der Waals surface area (Å²) in [6.45, 7) is 7.14. The largest absolute Gasteiger partial charge is 0.497 e. The van der Waals surface area contributed by atoms with E-state index in [-0.39, 0.29) is 16.3 Å². The molecule has 180 valence electrons. The number of anilines is 1. The first-order valence-corrected chi connectivity index (χ1v) is 12.0. The molecule has 8 nitrogen and oxygen atoms in total. The van der Waals surface area contributed by atoms with Crippen molar-refractivity contribution in [3.63, 3.8) is 0 Å². The zero-order valence-electron chi connectivity index (χ0n) is 19.8. The van der Waals surface area contributed by atoms with Crippen LogP contribution in [0.3, 0.4) is 0 Å². The van der Waals surface area contributed by atoms with Gasteiger partial charge in [-0.3, -0.25) is 0 Å². The lowest BCUT2D eigenvalue weighted by Crippen LogP contribution is -2.48. The van der Waals surface area contributed by atoms with Crippen LogP contribution in [0.25, 0.3) is 11.1 Å². The number of rotatable bonds is 6. The average molecular weight is 484 g/mol. The number of sulfonamides is 1. The number of urea groups is 1. The second-order valence-electron chi connectivity index (χ2n) is 8.88. The molecule has 4 N–H and O–H groups in total. The number of nitrogens with one attached hydrogen (secondary N) is 2. The van der Waals surface area contributed by atoms with E-state index in [0.717, 1.165) is 22.4 Å². The van der Waals surface area contributed by atoms with E-state index in [0.29, 0.717) is 5.75 Å². The van der Waals surface area contributed by atoms with Gasteiger partial charge in [-0.25, -0.2) is 17.9 Å². The number of ether oxygens (including phenoxy) is 2. The van der Waals surface area contributed by atoms with Crippen LogP contribution in [0, 0.1) is 6.92 Å². The summed E-state index contributed by atoms with van der Waals surface area (Å²) >= 11 is 0. The fourth-order valence-corrected chi connectivity index (χ4v) is 4.32. The molecule has 0 saturated heterocycles. The third-order valence-corrected chi connectivity index (χ3v) is 6.03. The lowest BCUT2D eigenvalue weighted by atomic mass is 10.0. The monoisotopic (exact) mass is 483 g/mol. The molecule has 2 amide bonds. The Hall–Kier alpha value is -3.72. The van der Waals surface area contributed by atoms with Crippen LogP contribution in [0.4, 0.5) is 10.5 Å². The van der Waals surface area contributed by atoms with E-state index < -0.39 is 21.6 Å². The molecule has 0 unspecified atom stereocenters. The molecule has 0 atom stereocenters. The highest BCUT2D eigenvalue weighted by Crippen LogP contribution is 2.34. The van der Waals surface area contributed by atoms with Gasteiger partial charge in [0.25, 0.3) is 10.0 Å². The molecule has 0 aliphatic heterocycles. The van der Waals surface area contributed by atoms with Crippen molar-refractivity contribution in [1.29, 1.82) is 0 Å². The number of amides is 2. The number of hydrogen-bond acceptors (Lipinski definition) is 6. The minimum atomic E-state index is -4.27. The van der Waals surface area contributed by atoms with Crippen molar-refractivity contribution < 1.29 is 22.7 Å². The average Bonchev–Trinajstić information content (AvgIpc) is 2.73. The molecular formula is C25H29N3O5S. The zero-order valence-corrected chi connectivity index (χ0v) is 20.6. The van der Waals surface area contributed by atoms with Gasteiger partial charge in [0.15, 0.2) is 0 Å². The fourth-order valence-electron chi connectivity index (χ4n) is 3.25. The van der Waals surface area contributed by atoms with Crippen LogP contribution in [0.15, 0.2) is 65.6 Å². The number of carbonyl (C=O) groups is 1. The van der Waals surface area contributed by atoms with Crippen molar-refractivity contribution in [1.82, 2.24) is 10.0 Å². The van der Waals surface area contributed by atoms with E-state index in [1.165, 1.54) is 18.2 Å². The summed E-state index contributed by atoms with van der Waals surface area (Å²) in [5, 5.41) is 2.56. The van der Waals surface area contributed by atoms with Gasteiger partial charge in [0.1, 0.15) is 22.1 Å². The SMILES string of the molecule is COc1ccc(-c2cc(C)cc(Oc3ccc(N)cc3S(=O)(=O)NC(=O)NC(C)(C)C)c2)cc1. The first-order valence-electron chi connectivity index (χ1n) is 10.5. The molecule has 0 spiro atoms. The summed E-state index contributed by atoms with van der Waals surface area (Å²) in [4.78, 5) is 12.0. The van der Waals surface area contributed by atoms with Gasteiger partial charge in [-0.15, -0.1) is 0 Å². The fraction of sp³-hybridized carbons (Fsp3) is 0.240. The smallest absolute Gasteiger partial charge is 0.329 e. The van der Waals surface area contributed by atoms with Gasteiger partial charge >= 0.3 is 6.03 Å². The Morgan fingerprint density at radius 1 is 0.912 bits per heavy atom. The molecule has 3 aromatic rings. The highest BCUT2D eigenvalue weighted by atomic mass is 32.2. The number of nitrogen functional groups attached to an aromatic ring is 1. The molecule has 0 saturated carbocycles. The Morgan fingerprint density at radius 3 is 2.21 bits per heavy atom. The number of methoxy groups -OCH3 is 1. The third kappa shape index (κ3) is 6.41. The summed E-state index contributed by atoms with van der Waals surface area (Å²) in [5.41, 5.74) is 8.19. The summed E-state index contributed by atoms with van der Waals surface area (Å²) in [7, 11) is -2.66. The molecule has 9 heteroatoms. The summed E-state index contributed by atoms with van der Waals surface area (Å²) in [6.07, 6.45) is 0. The number of benzene rings is 3. The molecule has 0 aliphatic rings. The van der Waals surface area contributed by atoms with Crippen molar-refractivity contribution in [2.45, 2.75) is 38.1 Å². The van der Waals surface area contributed by atoms with Crippen LogP contribution >= 0.6 is 0 Å². The van der Waals surface area contributed by atoms with Gasteiger partial charge in [-0.2, -0.15) is 0 Å². The summed E-state index contributed by atoms with van der Waals surface area (Å²) in [6, 6.07) is 16.6. The quantitative estimate of drug-likeness (QED) is 0.432.